The Bertz CT molecular complexity index is 1050. The van der Waals surface area contributed by atoms with Gasteiger partial charge in [0.2, 0.25) is 11.8 Å². The molecule has 142 valence electrons. The molecule has 2 aromatic rings. The Labute approximate surface area is 163 Å². The van der Waals surface area contributed by atoms with E-state index in [1.165, 1.54) is 11.5 Å². The maximum Gasteiger partial charge on any atom is 0.230 e. The molecule has 4 rings (SSSR count). The van der Waals surface area contributed by atoms with Gasteiger partial charge in [0, 0.05) is 44.2 Å². The second-order valence-corrected chi connectivity index (χ2v) is 7.47. The monoisotopic (exact) mass is 367 g/mol. The number of fused-ring (bicyclic) bond motifs is 2. The van der Waals surface area contributed by atoms with Crippen LogP contribution < -0.4 is 0 Å². The average Bonchev–Trinajstić information content (AvgIpc) is 2.95. The summed E-state index contributed by atoms with van der Waals surface area (Å²) in [5.41, 5.74) is 3.40. The van der Waals surface area contributed by atoms with Crippen molar-refractivity contribution in [3.05, 3.63) is 41.6 Å². The third-order valence-corrected chi connectivity index (χ3v) is 5.93. The molecule has 0 spiro atoms. The van der Waals surface area contributed by atoms with Gasteiger partial charge in [-0.25, -0.2) is 0 Å². The first kappa shape index (κ1) is 15.6. The van der Waals surface area contributed by atoms with Gasteiger partial charge >= 0.3 is 0 Å². The molecule has 2 heterocycles. The number of carbonyl (C=O) groups is 2. The van der Waals surface area contributed by atoms with Gasteiger partial charge in [0.15, 0.2) is 0 Å². The second-order valence-electron chi connectivity index (χ2n) is 7.47. The number of carbonyl (C=O) groups excluding carboxylic acids is 2. The van der Waals surface area contributed by atoms with Crippen molar-refractivity contribution >= 4 is 28.3 Å². The van der Waals surface area contributed by atoms with Gasteiger partial charge in [0.1, 0.15) is 0 Å². The third-order valence-electron chi connectivity index (χ3n) is 5.93. The molecule has 1 aliphatic carbocycles. The van der Waals surface area contributed by atoms with E-state index < -0.39 is 0 Å². The molecule has 0 fully saturated rings. The van der Waals surface area contributed by atoms with Crippen LogP contribution in [0.4, 0.5) is 0 Å². The summed E-state index contributed by atoms with van der Waals surface area (Å²) >= 11 is 0. The summed E-state index contributed by atoms with van der Waals surface area (Å²) in [7, 11) is 2.01. The lowest BCUT2D eigenvalue weighted by molar-refractivity contribution is -0.134. The Morgan fingerprint density at radius 3 is 2.70 bits per heavy atom. The van der Waals surface area contributed by atoms with Gasteiger partial charge in [-0.1, -0.05) is 18.2 Å². The highest BCUT2D eigenvalue weighted by atomic mass is 16.2. The minimum atomic E-state index is -0.234. The molecule has 0 bridgehead atoms. The molecule has 1 aromatic heterocycles. The summed E-state index contributed by atoms with van der Waals surface area (Å²) in [6, 6.07) is 3.82. The minimum Gasteiger partial charge on any atom is -0.343 e. The van der Waals surface area contributed by atoms with Crippen molar-refractivity contribution in [1.82, 2.24) is 14.4 Å². The first-order valence-electron chi connectivity index (χ1n) is 10.6. The number of likely N-dealkylation sites (N-methyl/N-ethyl adjacent to an activating group) is 1. The van der Waals surface area contributed by atoms with Gasteiger partial charge in [0.05, 0.1) is 14.2 Å². The van der Waals surface area contributed by atoms with Crippen molar-refractivity contribution < 1.29 is 12.3 Å². The van der Waals surface area contributed by atoms with E-state index in [9.17, 15) is 9.59 Å². The SMILES string of the molecule is [2H]c1cc2c3c(c([2H])n(C(C)=O)c3c1)C[C@@H]1C2=C[C@@H](C(=O)N(CC)CC)CN1C. The van der Waals surface area contributed by atoms with Crippen molar-refractivity contribution in [2.24, 2.45) is 5.92 Å². The highest BCUT2D eigenvalue weighted by Crippen LogP contribution is 2.41. The molecule has 27 heavy (non-hydrogen) atoms. The van der Waals surface area contributed by atoms with Crippen molar-refractivity contribution in [3.8, 4) is 0 Å². The summed E-state index contributed by atoms with van der Waals surface area (Å²) in [4.78, 5) is 29.3. The first-order valence-corrected chi connectivity index (χ1v) is 9.65. The van der Waals surface area contributed by atoms with E-state index in [0.29, 0.717) is 37.6 Å². The fourth-order valence-electron chi connectivity index (χ4n) is 4.56. The smallest absolute Gasteiger partial charge is 0.230 e. The van der Waals surface area contributed by atoms with Crippen LogP contribution in [0.15, 0.2) is 30.4 Å². The highest BCUT2D eigenvalue weighted by molar-refractivity contribution is 6.03. The Hall–Kier alpha value is -2.40. The number of benzene rings is 1. The number of nitrogens with zero attached hydrogens (tertiary/aromatic N) is 3. The zero-order valence-electron chi connectivity index (χ0n) is 18.4. The van der Waals surface area contributed by atoms with Crippen LogP contribution in [-0.4, -0.2) is 58.9 Å². The largest absolute Gasteiger partial charge is 0.343 e. The molecule has 0 saturated carbocycles. The lowest BCUT2D eigenvalue weighted by atomic mass is 9.79. The van der Waals surface area contributed by atoms with Crippen LogP contribution in [-0.2, 0) is 11.2 Å². The molecule has 1 amide bonds. The normalized spacial score (nSPS) is 22.7. The van der Waals surface area contributed by atoms with Crippen LogP contribution in [0.2, 0.25) is 0 Å². The molecule has 0 unspecified atom stereocenters. The van der Waals surface area contributed by atoms with Gasteiger partial charge in [-0.2, -0.15) is 0 Å². The average molecular weight is 367 g/mol. The van der Waals surface area contributed by atoms with Crippen LogP contribution in [0, 0.1) is 5.92 Å². The van der Waals surface area contributed by atoms with Crippen LogP contribution >= 0.6 is 0 Å². The summed E-state index contributed by atoms with van der Waals surface area (Å²) < 4.78 is 18.3. The number of rotatable bonds is 3. The second kappa shape index (κ2) is 6.64. The van der Waals surface area contributed by atoms with Gasteiger partial charge in [0.25, 0.3) is 0 Å². The molecule has 1 aliphatic heterocycles. The van der Waals surface area contributed by atoms with E-state index in [1.54, 1.807) is 6.07 Å². The molecule has 2 aliphatic rings. The molecule has 0 N–H and O–H groups in total. The van der Waals surface area contributed by atoms with Crippen LogP contribution in [0.3, 0.4) is 0 Å². The molecular weight excluding hydrogens is 338 g/mol. The van der Waals surface area contributed by atoms with Crippen LogP contribution in [0.25, 0.3) is 16.5 Å². The molecule has 2 atom stereocenters. The summed E-state index contributed by atoms with van der Waals surface area (Å²) in [5, 5.41) is 0.882. The number of amides is 1. The Morgan fingerprint density at radius 2 is 2.04 bits per heavy atom. The number of hydrogen-bond donors (Lipinski definition) is 0. The number of hydrogen-bond acceptors (Lipinski definition) is 3. The molecule has 0 radical (unpaired) electrons. The van der Waals surface area contributed by atoms with Crippen molar-refractivity contribution in [1.29, 1.82) is 0 Å². The van der Waals surface area contributed by atoms with Crippen molar-refractivity contribution in [2.75, 3.05) is 26.7 Å². The fourth-order valence-corrected chi connectivity index (χ4v) is 4.56. The zero-order valence-corrected chi connectivity index (χ0v) is 16.4. The van der Waals surface area contributed by atoms with E-state index in [4.69, 9.17) is 2.74 Å². The predicted octanol–water partition coefficient (Wildman–Crippen LogP) is 3.04. The quantitative estimate of drug-likeness (QED) is 0.838. The fraction of sp³-hybridized carbons (Fsp3) is 0.455. The predicted molar refractivity (Wildman–Crippen MR) is 108 cm³/mol. The highest BCUT2D eigenvalue weighted by Gasteiger charge is 2.37. The molecule has 1 aromatic carbocycles. The Balaban J connectivity index is 1.93. The number of aromatic nitrogens is 1. The summed E-state index contributed by atoms with van der Waals surface area (Å²) in [6.07, 6.45) is 2.92. The third kappa shape index (κ3) is 2.72. The zero-order chi connectivity index (χ0) is 21.0. The van der Waals surface area contributed by atoms with E-state index >= 15 is 0 Å². The molecule has 5 nitrogen and oxygen atoms in total. The Morgan fingerprint density at radius 1 is 1.30 bits per heavy atom. The summed E-state index contributed by atoms with van der Waals surface area (Å²) in [6.45, 7) is 7.43. The maximum atomic E-state index is 13.0. The van der Waals surface area contributed by atoms with Gasteiger partial charge in [-0.3, -0.25) is 19.1 Å². The maximum absolute atomic E-state index is 13.0. The van der Waals surface area contributed by atoms with Gasteiger partial charge < -0.3 is 4.90 Å². The van der Waals surface area contributed by atoms with E-state index in [1.807, 2.05) is 31.9 Å². The van der Waals surface area contributed by atoms with Gasteiger partial charge in [-0.15, -0.1) is 0 Å². The molecule has 5 heteroatoms. The van der Waals surface area contributed by atoms with Crippen LogP contribution in [0.1, 0.15) is 39.4 Å². The summed E-state index contributed by atoms with van der Waals surface area (Å²) in [5.74, 6) is -0.327. The Kier molecular flexibility index (Phi) is 3.85. The van der Waals surface area contributed by atoms with E-state index in [-0.39, 0.29) is 29.9 Å². The standard InChI is InChI=1S/C22H27N3O2/c1-5-24(6-2)22(27)16-10-18-17-8-7-9-19-21(17)15(13-25(19)14(3)26)11-20(18)23(4)12-16/h7-10,13,16,20H,5-6,11-12H2,1-4H3/t16-,20-/m1/s1/i7D,13D. The van der Waals surface area contributed by atoms with Crippen molar-refractivity contribution in [2.45, 2.75) is 33.2 Å². The van der Waals surface area contributed by atoms with Crippen molar-refractivity contribution in [3.63, 3.8) is 0 Å². The van der Waals surface area contributed by atoms with E-state index in [0.717, 1.165) is 22.1 Å². The lowest BCUT2D eigenvalue weighted by Crippen LogP contribution is -2.47. The topological polar surface area (TPSA) is 45.6 Å². The van der Waals surface area contributed by atoms with E-state index in [2.05, 4.69) is 11.0 Å². The minimum absolute atomic E-state index is 0.0418. The first-order chi connectivity index (χ1) is 13.8. The van der Waals surface area contributed by atoms with Gasteiger partial charge in [-0.05, 0) is 50.1 Å². The molecule has 0 saturated heterocycles. The lowest BCUT2D eigenvalue weighted by Gasteiger charge is -2.40. The molecular formula is C22H27N3O2. The van der Waals surface area contributed by atoms with Crippen LogP contribution in [0.5, 0.6) is 0 Å².